The molecular weight excluding hydrogens is 677 g/mol. The van der Waals surface area contributed by atoms with Crippen molar-refractivity contribution in [2.75, 3.05) is 23.3 Å². The van der Waals surface area contributed by atoms with E-state index >= 15 is 0 Å². The lowest BCUT2D eigenvalue weighted by Crippen LogP contribution is -2.28. The van der Waals surface area contributed by atoms with Gasteiger partial charge in [0.1, 0.15) is 35.3 Å². The van der Waals surface area contributed by atoms with Crippen LogP contribution in [0.15, 0.2) is 28.4 Å². The predicted molar refractivity (Wildman–Crippen MR) is 209 cm³/mol. The Labute approximate surface area is 319 Å². The Kier molecular flexibility index (Phi) is 16.3. The van der Waals surface area contributed by atoms with Crippen LogP contribution >= 0.6 is 0 Å². The monoisotopic (exact) mass is 726 g/mol. The topological polar surface area (TPSA) is 187 Å². The number of nitriles is 4. The van der Waals surface area contributed by atoms with E-state index in [1.807, 2.05) is 32.9 Å². The molecule has 13 heteroatoms. The van der Waals surface area contributed by atoms with E-state index in [4.69, 9.17) is 11.6 Å². The van der Waals surface area contributed by atoms with E-state index in [-0.39, 0.29) is 51.0 Å². The molecule has 0 fully saturated rings. The van der Waals surface area contributed by atoms with E-state index in [2.05, 4.69) is 56.4 Å². The number of nitrogens with one attached hydrogen (secondary N) is 1. The molecule has 13 nitrogen and oxygen atoms in total. The molecular formula is C41H50N12O. The highest BCUT2D eigenvalue weighted by Gasteiger charge is 2.29. The second-order valence-corrected chi connectivity index (χ2v) is 14.3. The minimum absolute atomic E-state index is 0.0157. The second-order valence-electron chi connectivity index (χ2n) is 14.3. The van der Waals surface area contributed by atoms with Crippen molar-refractivity contribution in [1.82, 2.24) is 14.8 Å². The molecule has 3 rings (SSSR count). The molecule has 54 heavy (non-hydrogen) atoms. The number of amides is 1. The van der Waals surface area contributed by atoms with Gasteiger partial charge in [-0.2, -0.15) is 26.1 Å². The van der Waals surface area contributed by atoms with Crippen molar-refractivity contribution in [1.29, 1.82) is 21.0 Å². The number of azo groups is 1. The van der Waals surface area contributed by atoms with Crippen LogP contribution in [-0.2, 0) is 10.2 Å². The molecule has 3 aromatic rings. The molecule has 0 aliphatic carbocycles. The minimum atomic E-state index is -0.641. The van der Waals surface area contributed by atoms with Crippen LogP contribution in [0.1, 0.15) is 147 Å². The maximum Gasteiger partial charge on any atom is 0.222 e. The molecule has 0 aliphatic rings. The first kappa shape index (κ1) is 42.3. The molecule has 1 N–H and O–H groups in total. The van der Waals surface area contributed by atoms with E-state index in [1.165, 1.54) is 68.3 Å². The lowest BCUT2D eigenvalue weighted by Gasteiger charge is -2.25. The fourth-order valence-corrected chi connectivity index (χ4v) is 6.06. The van der Waals surface area contributed by atoms with Crippen molar-refractivity contribution in [3.05, 3.63) is 57.6 Å². The maximum absolute atomic E-state index is 12.5. The van der Waals surface area contributed by atoms with Crippen LogP contribution in [0.25, 0.3) is 10.5 Å². The lowest BCUT2D eigenvalue weighted by molar-refractivity contribution is -0.114. The zero-order chi connectivity index (χ0) is 39.7. The van der Waals surface area contributed by atoms with E-state index in [0.29, 0.717) is 24.6 Å². The van der Waals surface area contributed by atoms with E-state index < -0.39 is 11.3 Å². The van der Waals surface area contributed by atoms with Crippen molar-refractivity contribution >= 4 is 34.7 Å². The van der Waals surface area contributed by atoms with Crippen molar-refractivity contribution in [2.24, 2.45) is 10.2 Å². The smallest absolute Gasteiger partial charge is 0.222 e. The van der Waals surface area contributed by atoms with E-state index in [9.17, 15) is 25.8 Å². The third-order valence-electron chi connectivity index (χ3n) is 8.90. The van der Waals surface area contributed by atoms with E-state index in [0.717, 1.165) is 38.5 Å². The van der Waals surface area contributed by atoms with E-state index in [1.54, 1.807) is 0 Å². The summed E-state index contributed by atoms with van der Waals surface area (Å²) < 4.78 is 1.27. The van der Waals surface area contributed by atoms with Gasteiger partial charge in [0.25, 0.3) is 0 Å². The summed E-state index contributed by atoms with van der Waals surface area (Å²) in [5, 5.41) is 56.4. The number of pyridine rings is 1. The Hall–Kier alpha value is -6.10. The largest absolute Gasteiger partial charge is 0.355 e. The number of unbranched alkanes of at least 4 members (excludes halogenated alkanes) is 10. The van der Waals surface area contributed by atoms with Crippen LogP contribution in [0.5, 0.6) is 0 Å². The van der Waals surface area contributed by atoms with Gasteiger partial charge in [-0.1, -0.05) is 98.8 Å². The average molecular weight is 727 g/mol. The summed E-state index contributed by atoms with van der Waals surface area (Å²) in [6.45, 7) is 20.6. The predicted octanol–water partition coefficient (Wildman–Crippen LogP) is 10.5. The number of anilines is 2. The van der Waals surface area contributed by atoms with Gasteiger partial charge in [-0.25, -0.2) is 14.5 Å². The molecule has 0 bridgehead atoms. The summed E-state index contributed by atoms with van der Waals surface area (Å²) in [4.78, 5) is 23.0. The van der Waals surface area contributed by atoms with Gasteiger partial charge in [0.05, 0.1) is 40.7 Å². The minimum Gasteiger partial charge on any atom is -0.355 e. The normalized spacial score (nSPS) is 11.0. The molecule has 0 spiro atoms. The van der Waals surface area contributed by atoms with Gasteiger partial charge >= 0.3 is 0 Å². The lowest BCUT2D eigenvalue weighted by atomic mass is 9.90. The van der Waals surface area contributed by atoms with Crippen molar-refractivity contribution in [2.45, 2.75) is 124 Å². The number of hydrogen-bond donors (Lipinski definition) is 1. The van der Waals surface area contributed by atoms with Gasteiger partial charge in [0.2, 0.25) is 11.6 Å². The quantitative estimate of drug-likeness (QED) is 0.0717. The Morgan fingerprint density at radius 2 is 1.39 bits per heavy atom. The molecule has 0 saturated carbocycles. The Bertz CT molecular complexity index is 2000. The summed E-state index contributed by atoms with van der Waals surface area (Å²) in [5.74, 6) is 0.131. The number of nitrogens with zero attached hydrogens (tertiary/aromatic N) is 11. The number of rotatable bonds is 19. The Morgan fingerprint density at radius 1 is 0.833 bits per heavy atom. The second kappa shape index (κ2) is 20.8. The SMILES string of the molecule is [C-]#[N+]c1cc(C#N)c(C#N)cc1-n1nc(C(C)(C)C)c(C#N)c1N=Nc1cc(C#N)c(N(CCCCCCCC)CCCCCCCC)nc1NC(C)=O. The van der Waals surface area contributed by atoms with Gasteiger partial charge in [-0.15, -0.1) is 10.2 Å². The van der Waals surface area contributed by atoms with Crippen LogP contribution in [0.4, 0.5) is 28.8 Å². The van der Waals surface area contributed by atoms with Crippen LogP contribution < -0.4 is 10.2 Å². The first-order chi connectivity index (χ1) is 26.0. The first-order valence-electron chi connectivity index (χ1n) is 18.8. The van der Waals surface area contributed by atoms with Gasteiger partial charge in [0.15, 0.2) is 11.6 Å². The maximum atomic E-state index is 12.5. The number of benzene rings is 1. The van der Waals surface area contributed by atoms with Crippen LogP contribution in [0.3, 0.4) is 0 Å². The van der Waals surface area contributed by atoms with Crippen LogP contribution in [0.2, 0.25) is 0 Å². The average Bonchev–Trinajstić information content (AvgIpc) is 3.54. The number of carbonyl (C=O) groups is 1. The molecule has 1 aromatic carbocycles. The molecule has 0 saturated heterocycles. The summed E-state index contributed by atoms with van der Waals surface area (Å²) in [6, 6.07) is 12.6. The fourth-order valence-electron chi connectivity index (χ4n) is 6.06. The Balaban J connectivity index is 2.19. The zero-order valence-electron chi connectivity index (χ0n) is 32.5. The third-order valence-corrected chi connectivity index (χ3v) is 8.90. The zero-order valence-corrected chi connectivity index (χ0v) is 32.5. The first-order valence-corrected chi connectivity index (χ1v) is 18.8. The summed E-state index contributed by atoms with van der Waals surface area (Å²) in [5.41, 5.74) is 0.352. The summed E-state index contributed by atoms with van der Waals surface area (Å²) >= 11 is 0. The number of aromatic nitrogens is 3. The van der Waals surface area contributed by atoms with Crippen molar-refractivity contribution in [3.63, 3.8) is 0 Å². The molecule has 1 amide bonds. The molecule has 0 radical (unpaired) electrons. The highest BCUT2D eigenvalue weighted by atomic mass is 16.1. The highest BCUT2D eigenvalue weighted by molar-refractivity contribution is 5.91. The molecule has 2 heterocycles. The number of hydrogen-bond acceptors (Lipinski definition) is 10. The van der Waals surface area contributed by atoms with Crippen LogP contribution in [-0.4, -0.2) is 33.8 Å². The van der Waals surface area contributed by atoms with Gasteiger partial charge in [0, 0.05) is 25.4 Å². The molecule has 0 atom stereocenters. The summed E-state index contributed by atoms with van der Waals surface area (Å²) in [7, 11) is 0. The highest BCUT2D eigenvalue weighted by Crippen LogP contribution is 2.39. The van der Waals surface area contributed by atoms with Gasteiger partial charge < -0.3 is 10.2 Å². The van der Waals surface area contributed by atoms with Gasteiger partial charge in [-0.3, -0.25) is 4.79 Å². The number of carbonyl (C=O) groups excluding carboxylic acids is 1. The van der Waals surface area contributed by atoms with Crippen molar-refractivity contribution < 1.29 is 4.79 Å². The molecule has 2 aromatic heterocycles. The fraction of sp³-hybridized carbons (Fsp3) is 0.512. The Morgan fingerprint density at radius 3 is 1.89 bits per heavy atom. The van der Waals surface area contributed by atoms with Crippen LogP contribution in [0, 0.1) is 51.9 Å². The molecule has 280 valence electrons. The third kappa shape index (κ3) is 11.2. The standard InChI is InChI=1S/C41H50N12O/c1-8-10-12-14-16-18-20-52(21-19-17-15-13-11-9-2)39-32(27-44)23-35(38(48-39)47-29(3)54)49-50-40-33(28-45)37(41(4,5)6)51-53(40)36-24-31(26-43)30(25-42)22-34(36)46-7/h22-24H,8-21H2,1-6H3,(H,47,48,54). The van der Waals surface area contributed by atoms with Crippen molar-refractivity contribution in [3.8, 4) is 30.0 Å². The summed E-state index contributed by atoms with van der Waals surface area (Å²) in [6.07, 6.45) is 13.4. The molecule has 0 unspecified atom stereocenters. The molecule has 0 aliphatic heterocycles. The van der Waals surface area contributed by atoms with Gasteiger partial charge in [-0.05, 0) is 31.0 Å².